The molecular weight excluding hydrogens is 490 g/mol. The summed E-state index contributed by atoms with van der Waals surface area (Å²) in [6.45, 7) is 3.13. The lowest BCUT2D eigenvalue weighted by Crippen LogP contribution is -2.37. The number of benzene rings is 2. The molecule has 0 spiro atoms. The minimum atomic E-state index is -0.711. The molecule has 1 saturated heterocycles. The number of hydrogen-bond donors (Lipinski definition) is 1. The number of thiophene rings is 1. The predicted octanol–water partition coefficient (Wildman–Crippen LogP) is 5.72. The molecule has 1 fully saturated rings. The number of rotatable bonds is 9. The standard InChI is InChI=1S/C25H24ClN3O3S2/c1-2-13-32-20-11-7-18(8-12-20)27-23(30)15-22-24(31)29(19-9-5-17(26)6-10-19)25(33)28(22)16-21-4-3-14-34-21/h3-12,14,22H,2,13,15-16H2,1H3,(H,27,30)/t22-/m1/s1. The first-order valence-corrected chi connectivity index (χ1v) is 12.6. The maximum absolute atomic E-state index is 13.4. The minimum Gasteiger partial charge on any atom is -0.494 e. The summed E-state index contributed by atoms with van der Waals surface area (Å²) in [5, 5.41) is 5.79. The zero-order valence-electron chi connectivity index (χ0n) is 18.6. The van der Waals surface area contributed by atoms with Gasteiger partial charge in [0.05, 0.1) is 25.3 Å². The molecule has 1 N–H and O–H groups in total. The Bertz CT molecular complexity index is 1150. The number of halogens is 1. The Kier molecular flexibility index (Phi) is 7.82. The lowest BCUT2D eigenvalue weighted by molar-refractivity contribution is -0.124. The normalized spacial score (nSPS) is 15.6. The molecule has 4 rings (SSSR count). The third-order valence-electron chi connectivity index (χ3n) is 5.30. The molecule has 6 nitrogen and oxygen atoms in total. The van der Waals surface area contributed by atoms with Crippen LogP contribution in [0.2, 0.25) is 5.02 Å². The van der Waals surface area contributed by atoms with Crippen LogP contribution in [0.25, 0.3) is 0 Å². The van der Waals surface area contributed by atoms with Gasteiger partial charge in [-0.05, 0) is 78.6 Å². The van der Waals surface area contributed by atoms with Crippen LogP contribution >= 0.6 is 35.2 Å². The molecule has 0 saturated carbocycles. The van der Waals surface area contributed by atoms with E-state index in [1.54, 1.807) is 47.7 Å². The molecule has 3 aromatic rings. The molecular formula is C25H24ClN3O3S2. The summed E-state index contributed by atoms with van der Waals surface area (Å²) in [6.07, 6.45) is 0.896. The molecule has 1 aromatic heterocycles. The van der Waals surface area contributed by atoms with Gasteiger partial charge in [-0.1, -0.05) is 24.6 Å². The van der Waals surface area contributed by atoms with Gasteiger partial charge in [-0.2, -0.15) is 0 Å². The number of nitrogens with one attached hydrogen (secondary N) is 1. The van der Waals surface area contributed by atoms with Crippen LogP contribution in [0.3, 0.4) is 0 Å². The van der Waals surface area contributed by atoms with Gasteiger partial charge < -0.3 is 15.0 Å². The Balaban J connectivity index is 1.51. The largest absolute Gasteiger partial charge is 0.494 e. The quantitative estimate of drug-likeness (QED) is 0.371. The van der Waals surface area contributed by atoms with E-state index >= 15 is 0 Å². The first-order chi connectivity index (χ1) is 16.5. The molecule has 0 unspecified atom stereocenters. The summed E-state index contributed by atoms with van der Waals surface area (Å²) in [5.41, 5.74) is 1.27. The van der Waals surface area contributed by atoms with Crippen molar-refractivity contribution in [1.82, 2.24) is 4.90 Å². The summed E-state index contributed by atoms with van der Waals surface area (Å²) in [4.78, 5) is 30.7. The average Bonchev–Trinajstić information content (AvgIpc) is 3.42. The summed E-state index contributed by atoms with van der Waals surface area (Å²) in [6, 6.07) is 17.3. The van der Waals surface area contributed by atoms with E-state index < -0.39 is 6.04 Å². The molecule has 176 valence electrons. The van der Waals surface area contributed by atoms with Crippen molar-refractivity contribution >= 4 is 63.5 Å². The highest BCUT2D eigenvalue weighted by Gasteiger charge is 2.44. The highest BCUT2D eigenvalue weighted by Crippen LogP contribution is 2.30. The van der Waals surface area contributed by atoms with Crippen LogP contribution in [-0.2, 0) is 16.1 Å². The molecule has 1 atom stereocenters. The molecule has 0 bridgehead atoms. The van der Waals surface area contributed by atoms with Crippen molar-refractivity contribution < 1.29 is 14.3 Å². The number of anilines is 2. The van der Waals surface area contributed by atoms with E-state index in [0.29, 0.717) is 34.7 Å². The van der Waals surface area contributed by atoms with Crippen LogP contribution in [-0.4, -0.2) is 34.5 Å². The third kappa shape index (κ3) is 5.58. The SMILES string of the molecule is CCCOc1ccc(NC(=O)C[C@@H]2C(=O)N(c3ccc(Cl)cc3)C(=S)N2Cc2cccs2)cc1. The minimum absolute atomic E-state index is 0.0253. The van der Waals surface area contributed by atoms with Crippen LogP contribution in [0.15, 0.2) is 66.0 Å². The second kappa shape index (κ2) is 11.0. The highest BCUT2D eigenvalue weighted by atomic mass is 35.5. The van der Waals surface area contributed by atoms with Gasteiger partial charge in [0.1, 0.15) is 11.8 Å². The van der Waals surface area contributed by atoms with E-state index in [1.807, 2.05) is 41.5 Å². The van der Waals surface area contributed by atoms with Gasteiger partial charge in [0.2, 0.25) is 5.91 Å². The van der Waals surface area contributed by atoms with Gasteiger partial charge in [0.15, 0.2) is 5.11 Å². The van der Waals surface area contributed by atoms with Crippen LogP contribution in [0.4, 0.5) is 11.4 Å². The van der Waals surface area contributed by atoms with Crippen LogP contribution in [0.5, 0.6) is 5.75 Å². The van der Waals surface area contributed by atoms with Crippen molar-refractivity contribution in [1.29, 1.82) is 0 Å². The number of thiocarbonyl (C=S) groups is 1. The Morgan fingerprint density at radius 1 is 1.15 bits per heavy atom. The fourth-order valence-electron chi connectivity index (χ4n) is 3.65. The number of hydrogen-bond acceptors (Lipinski definition) is 5. The van der Waals surface area contributed by atoms with Crippen molar-refractivity contribution in [3.63, 3.8) is 0 Å². The van der Waals surface area contributed by atoms with Gasteiger partial charge in [-0.3, -0.25) is 14.5 Å². The summed E-state index contributed by atoms with van der Waals surface area (Å²) in [5.74, 6) is 0.247. The van der Waals surface area contributed by atoms with Crippen LogP contribution in [0.1, 0.15) is 24.6 Å². The predicted molar refractivity (Wildman–Crippen MR) is 141 cm³/mol. The number of amides is 2. The van der Waals surface area contributed by atoms with Crippen molar-refractivity contribution in [2.24, 2.45) is 0 Å². The molecule has 9 heteroatoms. The molecule has 2 heterocycles. The number of ether oxygens (including phenoxy) is 1. The monoisotopic (exact) mass is 513 g/mol. The third-order valence-corrected chi connectivity index (χ3v) is 6.83. The zero-order valence-corrected chi connectivity index (χ0v) is 21.0. The smallest absolute Gasteiger partial charge is 0.256 e. The Morgan fingerprint density at radius 3 is 2.53 bits per heavy atom. The lowest BCUT2D eigenvalue weighted by Gasteiger charge is -2.23. The molecule has 2 aromatic carbocycles. The second-order valence-electron chi connectivity index (χ2n) is 7.78. The maximum Gasteiger partial charge on any atom is 0.256 e. The van der Waals surface area contributed by atoms with E-state index in [-0.39, 0.29) is 18.2 Å². The van der Waals surface area contributed by atoms with Crippen molar-refractivity contribution in [3.8, 4) is 5.75 Å². The molecule has 1 aliphatic heterocycles. The van der Waals surface area contributed by atoms with E-state index in [9.17, 15) is 9.59 Å². The number of carbonyl (C=O) groups is 2. The van der Waals surface area contributed by atoms with Gasteiger partial charge in [0.25, 0.3) is 5.91 Å². The average molecular weight is 514 g/mol. The Morgan fingerprint density at radius 2 is 1.88 bits per heavy atom. The topological polar surface area (TPSA) is 61.9 Å². The van der Waals surface area contributed by atoms with E-state index in [1.165, 1.54) is 4.90 Å². The van der Waals surface area contributed by atoms with E-state index in [4.69, 9.17) is 28.6 Å². The maximum atomic E-state index is 13.4. The van der Waals surface area contributed by atoms with Crippen LogP contribution in [0, 0.1) is 0 Å². The van der Waals surface area contributed by atoms with E-state index in [0.717, 1.165) is 17.0 Å². The molecule has 0 aliphatic carbocycles. The fourth-order valence-corrected chi connectivity index (χ4v) is 4.87. The van der Waals surface area contributed by atoms with Gasteiger partial charge in [-0.25, -0.2) is 0 Å². The molecule has 1 aliphatic rings. The lowest BCUT2D eigenvalue weighted by atomic mass is 10.1. The van der Waals surface area contributed by atoms with Gasteiger partial charge in [-0.15, -0.1) is 11.3 Å². The van der Waals surface area contributed by atoms with Gasteiger partial charge in [0, 0.05) is 15.6 Å². The number of nitrogens with zero attached hydrogens (tertiary/aromatic N) is 2. The molecule has 34 heavy (non-hydrogen) atoms. The van der Waals surface area contributed by atoms with Crippen LogP contribution < -0.4 is 15.0 Å². The van der Waals surface area contributed by atoms with Crippen molar-refractivity contribution in [2.75, 3.05) is 16.8 Å². The first-order valence-electron chi connectivity index (χ1n) is 10.9. The number of carbonyl (C=O) groups excluding carboxylic acids is 2. The molecule has 2 amide bonds. The van der Waals surface area contributed by atoms with Crippen molar-refractivity contribution in [3.05, 3.63) is 75.9 Å². The fraction of sp³-hybridized carbons (Fsp3) is 0.240. The van der Waals surface area contributed by atoms with Crippen molar-refractivity contribution in [2.45, 2.75) is 32.4 Å². The Hall–Kier alpha value is -2.94. The zero-order chi connectivity index (χ0) is 24.1. The first kappa shape index (κ1) is 24.2. The van der Waals surface area contributed by atoms with Gasteiger partial charge >= 0.3 is 0 Å². The summed E-state index contributed by atoms with van der Waals surface area (Å²) in [7, 11) is 0. The summed E-state index contributed by atoms with van der Waals surface area (Å²) >= 11 is 13.3. The molecule has 0 radical (unpaired) electrons. The van der Waals surface area contributed by atoms with E-state index in [2.05, 4.69) is 5.32 Å². The Labute approximate surface area is 213 Å². The second-order valence-corrected chi connectivity index (χ2v) is 9.61. The highest BCUT2D eigenvalue weighted by molar-refractivity contribution is 7.80. The summed E-state index contributed by atoms with van der Waals surface area (Å²) < 4.78 is 5.58.